The van der Waals surface area contributed by atoms with Gasteiger partial charge in [0.05, 0.1) is 6.04 Å². The highest BCUT2D eigenvalue weighted by atomic mass is 16.2. The van der Waals surface area contributed by atoms with Crippen molar-refractivity contribution in [2.24, 2.45) is 11.7 Å². The van der Waals surface area contributed by atoms with Crippen LogP contribution in [0.4, 0.5) is 0 Å². The number of rotatable bonds is 3. The van der Waals surface area contributed by atoms with Gasteiger partial charge in [0, 0.05) is 13.1 Å². The van der Waals surface area contributed by atoms with Crippen LogP contribution < -0.4 is 5.73 Å². The maximum Gasteiger partial charge on any atom is 0.239 e. The third-order valence-corrected chi connectivity index (χ3v) is 4.62. The molecule has 3 heteroatoms. The zero-order valence-corrected chi connectivity index (χ0v) is 11.6. The fourth-order valence-electron chi connectivity index (χ4n) is 3.33. The van der Waals surface area contributed by atoms with Gasteiger partial charge in [0.15, 0.2) is 0 Å². The average Bonchev–Trinajstić information content (AvgIpc) is 2.75. The summed E-state index contributed by atoms with van der Waals surface area (Å²) in [7, 11) is 0. The Hall–Kier alpha value is -0.570. The van der Waals surface area contributed by atoms with E-state index in [1.807, 2.05) is 4.90 Å². The molecular formula is C15H28N2O. The summed E-state index contributed by atoms with van der Waals surface area (Å²) in [4.78, 5) is 13.7. The first kappa shape index (κ1) is 13.9. The van der Waals surface area contributed by atoms with Crippen LogP contribution in [0.3, 0.4) is 0 Å². The fraction of sp³-hybridized carbons (Fsp3) is 0.933. The van der Waals surface area contributed by atoms with Gasteiger partial charge in [0.1, 0.15) is 0 Å². The number of hydrogen-bond acceptors (Lipinski definition) is 2. The van der Waals surface area contributed by atoms with Crippen LogP contribution in [0.15, 0.2) is 0 Å². The first-order valence-corrected chi connectivity index (χ1v) is 7.82. The number of nitrogens with zero attached hydrogens (tertiary/aromatic N) is 1. The smallest absolute Gasteiger partial charge is 0.239 e. The molecule has 0 aromatic carbocycles. The van der Waals surface area contributed by atoms with E-state index in [2.05, 4.69) is 0 Å². The molecule has 1 saturated heterocycles. The molecule has 1 amide bonds. The molecule has 2 N–H and O–H groups in total. The Balaban J connectivity index is 1.72. The predicted octanol–water partition coefficient (Wildman–Crippen LogP) is 2.69. The molecule has 0 aromatic heterocycles. The summed E-state index contributed by atoms with van der Waals surface area (Å²) >= 11 is 0. The van der Waals surface area contributed by atoms with Crippen LogP contribution >= 0.6 is 0 Å². The van der Waals surface area contributed by atoms with Gasteiger partial charge in [0.25, 0.3) is 0 Å². The number of carbonyl (C=O) groups excluding carboxylic acids is 1. The van der Waals surface area contributed by atoms with Crippen LogP contribution in [0, 0.1) is 5.92 Å². The van der Waals surface area contributed by atoms with Crippen LogP contribution in [-0.2, 0) is 4.79 Å². The van der Waals surface area contributed by atoms with Crippen molar-refractivity contribution in [1.82, 2.24) is 4.90 Å². The molecule has 104 valence electrons. The molecule has 1 heterocycles. The molecule has 2 fully saturated rings. The van der Waals surface area contributed by atoms with Crippen LogP contribution in [0.5, 0.6) is 0 Å². The van der Waals surface area contributed by atoms with Crippen molar-refractivity contribution >= 4 is 5.91 Å². The molecule has 0 aromatic rings. The number of hydrogen-bond donors (Lipinski definition) is 1. The number of nitrogens with two attached hydrogens (primary N) is 1. The largest absolute Gasteiger partial charge is 0.341 e. The summed E-state index contributed by atoms with van der Waals surface area (Å²) in [6, 6.07) is -0.217. The minimum Gasteiger partial charge on any atom is -0.341 e. The quantitative estimate of drug-likeness (QED) is 0.839. The molecule has 18 heavy (non-hydrogen) atoms. The number of amides is 1. The second kappa shape index (κ2) is 7.13. The van der Waals surface area contributed by atoms with E-state index >= 15 is 0 Å². The third-order valence-electron chi connectivity index (χ3n) is 4.62. The Labute approximate surface area is 111 Å². The fourth-order valence-corrected chi connectivity index (χ4v) is 3.33. The van der Waals surface area contributed by atoms with E-state index in [4.69, 9.17) is 5.73 Å². The molecule has 1 atom stereocenters. The van der Waals surface area contributed by atoms with Crippen molar-refractivity contribution in [3.63, 3.8) is 0 Å². The van der Waals surface area contributed by atoms with Crippen molar-refractivity contribution in [3.05, 3.63) is 0 Å². The molecule has 1 aliphatic heterocycles. The Morgan fingerprint density at radius 1 is 1.00 bits per heavy atom. The Bertz CT molecular complexity index is 257. The minimum absolute atomic E-state index is 0.179. The summed E-state index contributed by atoms with van der Waals surface area (Å²) in [5.41, 5.74) is 5.75. The van der Waals surface area contributed by atoms with E-state index < -0.39 is 0 Å². The van der Waals surface area contributed by atoms with Gasteiger partial charge >= 0.3 is 0 Å². The van der Waals surface area contributed by atoms with Crippen LogP contribution in [0.25, 0.3) is 0 Å². The highest BCUT2D eigenvalue weighted by Gasteiger charge is 2.28. The normalized spacial score (nSPS) is 27.9. The number of carbonyl (C=O) groups is 1. The topological polar surface area (TPSA) is 46.3 Å². The monoisotopic (exact) mass is 252 g/mol. The molecule has 3 nitrogen and oxygen atoms in total. The third kappa shape index (κ3) is 3.98. The Kier molecular flexibility index (Phi) is 5.48. The van der Waals surface area contributed by atoms with Gasteiger partial charge in [-0.05, 0) is 18.8 Å². The lowest BCUT2D eigenvalue weighted by molar-refractivity contribution is -0.128. The Morgan fingerprint density at radius 3 is 2.17 bits per heavy atom. The van der Waals surface area contributed by atoms with Crippen LogP contribution in [0.1, 0.15) is 64.2 Å². The number of likely N-dealkylation sites (tertiary alicyclic amines) is 1. The van der Waals surface area contributed by atoms with E-state index in [1.165, 1.54) is 57.8 Å². The average molecular weight is 252 g/mol. The first-order chi connectivity index (χ1) is 8.77. The molecule has 1 unspecified atom stereocenters. The summed E-state index contributed by atoms with van der Waals surface area (Å²) in [5, 5.41) is 0. The van der Waals surface area contributed by atoms with Gasteiger partial charge < -0.3 is 10.6 Å². The SMILES string of the molecule is NC1CCN(CCC2CCCCCCCC2)C1=O. The van der Waals surface area contributed by atoms with Crippen molar-refractivity contribution in [3.8, 4) is 0 Å². The summed E-state index contributed by atoms with van der Waals surface area (Å²) in [6.07, 6.45) is 13.2. The van der Waals surface area contributed by atoms with Gasteiger partial charge in [-0.2, -0.15) is 0 Å². The lowest BCUT2D eigenvalue weighted by Gasteiger charge is -2.21. The van der Waals surface area contributed by atoms with E-state index in [1.54, 1.807) is 0 Å². The maximum atomic E-state index is 11.8. The van der Waals surface area contributed by atoms with Gasteiger partial charge in [-0.1, -0.05) is 51.4 Å². The van der Waals surface area contributed by atoms with Crippen molar-refractivity contribution in [1.29, 1.82) is 0 Å². The van der Waals surface area contributed by atoms with Gasteiger partial charge in [-0.25, -0.2) is 0 Å². The zero-order valence-electron chi connectivity index (χ0n) is 11.6. The zero-order chi connectivity index (χ0) is 12.8. The summed E-state index contributed by atoms with van der Waals surface area (Å²) in [5.74, 6) is 1.02. The maximum absolute atomic E-state index is 11.8. The molecular weight excluding hydrogens is 224 g/mol. The molecule has 0 spiro atoms. The van der Waals surface area contributed by atoms with Crippen LogP contribution in [-0.4, -0.2) is 29.9 Å². The first-order valence-electron chi connectivity index (χ1n) is 7.82. The second-order valence-electron chi connectivity index (χ2n) is 6.07. The highest BCUT2D eigenvalue weighted by molar-refractivity contribution is 5.83. The van der Waals surface area contributed by atoms with E-state index in [-0.39, 0.29) is 11.9 Å². The lowest BCUT2D eigenvalue weighted by Crippen LogP contribution is -2.35. The molecule has 2 aliphatic rings. The molecule has 1 saturated carbocycles. The summed E-state index contributed by atoms with van der Waals surface area (Å²) < 4.78 is 0. The minimum atomic E-state index is -0.217. The van der Waals surface area contributed by atoms with Crippen molar-refractivity contribution in [2.45, 2.75) is 70.3 Å². The lowest BCUT2D eigenvalue weighted by atomic mass is 9.93. The van der Waals surface area contributed by atoms with Gasteiger partial charge in [-0.3, -0.25) is 4.79 Å². The van der Waals surface area contributed by atoms with Crippen molar-refractivity contribution < 1.29 is 4.79 Å². The summed E-state index contributed by atoms with van der Waals surface area (Å²) in [6.45, 7) is 1.82. The van der Waals surface area contributed by atoms with E-state index in [0.29, 0.717) is 0 Å². The molecule has 1 aliphatic carbocycles. The molecule has 2 rings (SSSR count). The Morgan fingerprint density at radius 2 is 1.61 bits per heavy atom. The second-order valence-corrected chi connectivity index (χ2v) is 6.07. The standard InChI is InChI=1S/C15H28N2O/c16-14-10-12-17(15(14)18)11-9-13-7-5-3-1-2-4-6-8-13/h13-14H,1-12,16H2. The van der Waals surface area contributed by atoms with Crippen LogP contribution in [0.2, 0.25) is 0 Å². The van der Waals surface area contributed by atoms with Gasteiger partial charge in [-0.15, -0.1) is 0 Å². The molecule has 0 radical (unpaired) electrons. The highest BCUT2D eigenvalue weighted by Crippen LogP contribution is 2.25. The van der Waals surface area contributed by atoms with E-state index in [0.717, 1.165) is 25.4 Å². The van der Waals surface area contributed by atoms with Crippen molar-refractivity contribution in [2.75, 3.05) is 13.1 Å². The van der Waals surface area contributed by atoms with E-state index in [9.17, 15) is 4.79 Å². The molecule has 0 bridgehead atoms. The van der Waals surface area contributed by atoms with Gasteiger partial charge in [0.2, 0.25) is 5.91 Å². The predicted molar refractivity (Wildman–Crippen MR) is 74.2 cm³/mol.